The number of nitrogens with zero attached hydrogens (tertiary/aromatic N) is 1. The highest BCUT2D eigenvalue weighted by atomic mass is 32.2. The number of aryl methyl sites for hydroxylation is 1. The second kappa shape index (κ2) is 6.76. The Morgan fingerprint density at radius 1 is 1.19 bits per heavy atom. The van der Waals surface area contributed by atoms with Gasteiger partial charge in [0.15, 0.2) is 5.82 Å². The number of phenolic OH excluding ortho intramolecular Hbond substituents is 1. The number of hydrogen-bond donors (Lipinski definition) is 4. The molecule has 4 N–H and O–H groups in total. The first-order valence-electron chi connectivity index (χ1n) is 7.66. The Bertz CT molecular complexity index is 1000. The molecule has 1 aliphatic heterocycles. The second-order valence-corrected chi connectivity index (χ2v) is 7.40. The van der Waals surface area contributed by atoms with Gasteiger partial charge in [-0.2, -0.15) is 8.42 Å². The van der Waals surface area contributed by atoms with Crippen molar-refractivity contribution in [2.45, 2.75) is 6.92 Å². The van der Waals surface area contributed by atoms with Crippen LogP contribution in [-0.2, 0) is 15.0 Å². The van der Waals surface area contributed by atoms with Crippen LogP contribution in [0.3, 0.4) is 0 Å². The Balaban J connectivity index is 1.79. The summed E-state index contributed by atoms with van der Waals surface area (Å²) in [5, 5.41) is 14.9. The smallest absolute Gasteiger partial charge is 0.326 e. The highest BCUT2D eigenvalue weighted by molar-refractivity contribution is 7.92. The van der Waals surface area contributed by atoms with Crippen molar-refractivity contribution in [2.75, 3.05) is 21.5 Å². The number of rotatable bonds is 3. The van der Waals surface area contributed by atoms with Crippen molar-refractivity contribution in [2.24, 2.45) is 0 Å². The molecule has 2 aromatic rings. The van der Waals surface area contributed by atoms with Crippen LogP contribution in [0.25, 0.3) is 0 Å². The predicted molar refractivity (Wildman–Crippen MR) is 96.3 cm³/mol. The van der Waals surface area contributed by atoms with E-state index >= 15 is 0 Å². The fourth-order valence-electron chi connectivity index (χ4n) is 2.48. The molecular weight excluding hydrogens is 379 g/mol. The van der Waals surface area contributed by atoms with Gasteiger partial charge in [-0.25, -0.2) is 18.2 Å². The molecule has 1 saturated heterocycles. The van der Waals surface area contributed by atoms with E-state index in [9.17, 15) is 27.5 Å². The van der Waals surface area contributed by atoms with E-state index in [1.165, 1.54) is 0 Å². The zero-order valence-electron chi connectivity index (χ0n) is 14.0. The molecule has 0 aliphatic carbocycles. The number of aromatic hydroxyl groups is 1. The molecule has 0 spiro atoms. The zero-order valence-corrected chi connectivity index (χ0v) is 14.8. The number of anilines is 3. The van der Waals surface area contributed by atoms with Crippen molar-refractivity contribution in [3.8, 4) is 5.75 Å². The van der Waals surface area contributed by atoms with E-state index in [4.69, 9.17) is 0 Å². The van der Waals surface area contributed by atoms with E-state index in [-0.39, 0.29) is 5.69 Å². The van der Waals surface area contributed by atoms with Crippen LogP contribution in [0, 0.1) is 12.7 Å². The molecule has 0 unspecified atom stereocenters. The van der Waals surface area contributed by atoms with Crippen LogP contribution >= 0.6 is 0 Å². The standard InChI is InChI=1S/C16H15FN4O5S/c1-9-2-4-10(5-3-9)18-16(24)19-11-6-12(17)15(13(22)7-11)21-8-14(23)20-27(21,25)26/h2-7,22H,8H2,1H3,(H,20,23)(H2,18,19,24). The Morgan fingerprint density at radius 2 is 1.81 bits per heavy atom. The number of urea groups is 1. The van der Waals surface area contributed by atoms with Crippen molar-refractivity contribution in [1.29, 1.82) is 0 Å². The fraction of sp³-hybridized carbons (Fsp3) is 0.125. The highest BCUT2D eigenvalue weighted by Gasteiger charge is 2.37. The number of hydrogen-bond acceptors (Lipinski definition) is 5. The summed E-state index contributed by atoms with van der Waals surface area (Å²) in [6, 6.07) is 8.07. The van der Waals surface area contributed by atoms with Crippen LogP contribution < -0.4 is 19.7 Å². The third-order valence-electron chi connectivity index (χ3n) is 3.68. The van der Waals surface area contributed by atoms with E-state index in [1.54, 1.807) is 29.0 Å². The summed E-state index contributed by atoms with van der Waals surface area (Å²) in [6.45, 7) is 1.23. The molecule has 0 bridgehead atoms. The molecule has 3 rings (SSSR count). The lowest BCUT2D eigenvalue weighted by atomic mass is 10.2. The summed E-state index contributed by atoms with van der Waals surface area (Å²) in [4.78, 5) is 23.3. The summed E-state index contributed by atoms with van der Waals surface area (Å²) in [5.41, 5.74) is 0.729. The maximum atomic E-state index is 14.4. The van der Waals surface area contributed by atoms with Crippen molar-refractivity contribution in [3.63, 3.8) is 0 Å². The average molecular weight is 394 g/mol. The van der Waals surface area contributed by atoms with Crippen molar-refractivity contribution in [1.82, 2.24) is 4.72 Å². The zero-order chi connectivity index (χ0) is 19.8. The van der Waals surface area contributed by atoms with Crippen LogP contribution in [0.15, 0.2) is 36.4 Å². The van der Waals surface area contributed by atoms with Crippen LogP contribution in [0.1, 0.15) is 5.56 Å². The van der Waals surface area contributed by atoms with E-state index in [1.807, 2.05) is 6.92 Å². The van der Waals surface area contributed by atoms with Gasteiger partial charge < -0.3 is 15.7 Å². The summed E-state index contributed by atoms with van der Waals surface area (Å²) in [6.07, 6.45) is 0. The minimum Gasteiger partial charge on any atom is -0.506 e. The number of amides is 3. The number of carbonyl (C=O) groups is 2. The molecule has 0 aromatic heterocycles. The highest BCUT2D eigenvalue weighted by Crippen LogP contribution is 2.36. The Kier molecular flexibility index (Phi) is 4.62. The molecule has 0 atom stereocenters. The summed E-state index contributed by atoms with van der Waals surface area (Å²) in [7, 11) is -4.28. The molecule has 27 heavy (non-hydrogen) atoms. The molecular formula is C16H15FN4O5S. The first-order valence-corrected chi connectivity index (χ1v) is 9.10. The largest absolute Gasteiger partial charge is 0.506 e. The second-order valence-electron chi connectivity index (χ2n) is 5.81. The van der Waals surface area contributed by atoms with E-state index < -0.39 is 45.9 Å². The lowest BCUT2D eigenvalue weighted by Crippen LogP contribution is -2.30. The number of carbonyl (C=O) groups excluding carboxylic acids is 2. The normalized spacial score (nSPS) is 15.3. The van der Waals surface area contributed by atoms with Gasteiger partial charge in [0.05, 0.1) is 0 Å². The third-order valence-corrected chi connectivity index (χ3v) is 5.06. The van der Waals surface area contributed by atoms with Gasteiger partial charge in [0.1, 0.15) is 18.0 Å². The predicted octanol–water partition coefficient (Wildman–Crippen LogP) is 1.66. The van der Waals surface area contributed by atoms with E-state index in [0.717, 1.165) is 17.7 Å². The maximum absolute atomic E-state index is 14.4. The van der Waals surface area contributed by atoms with Gasteiger partial charge in [-0.15, -0.1) is 0 Å². The van der Waals surface area contributed by atoms with Crippen molar-refractivity contribution >= 4 is 39.2 Å². The molecule has 1 fully saturated rings. The summed E-state index contributed by atoms with van der Waals surface area (Å²) >= 11 is 0. The monoisotopic (exact) mass is 394 g/mol. The number of halogens is 1. The maximum Gasteiger partial charge on any atom is 0.326 e. The molecule has 2 aromatic carbocycles. The quantitative estimate of drug-likeness (QED) is 0.630. The number of benzene rings is 2. The van der Waals surface area contributed by atoms with Crippen LogP contribution in [-0.4, -0.2) is 32.0 Å². The number of phenols is 1. The third kappa shape index (κ3) is 3.92. The Morgan fingerprint density at radius 3 is 2.37 bits per heavy atom. The molecule has 0 radical (unpaired) electrons. The fourth-order valence-corrected chi connectivity index (χ4v) is 3.65. The molecule has 142 valence electrons. The van der Waals surface area contributed by atoms with Gasteiger partial charge in [0.25, 0.3) is 5.91 Å². The molecule has 3 amide bonds. The average Bonchev–Trinajstić information content (AvgIpc) is 2.81. The first-order chi connectivity index (χ1) is 12.7. The Hall–Kier alpha value is -3.34. The summed E-state index contributed by atoms with van der Waals surface area (Å²) < 4.78 is 40.1. The van der Waals surface area contributed by atoms with Gasteiger partial charge in [0, 0.05) is 17.4 Å². The van der Waals surface area contributed by atoms with Crippen LogP contribution in [0.2, 0.25) is 0 Å². The van der Waals surface area contributed by atoms with Crippen LogP contribution in [0.5, 0.6) is 5.75 Å². The minimum atomic E-state index is -4.28. The van der Waals surface area contributed by atoms with Gasteiger partial charge in [-0.1, -0.05) is 17.7 Å². The molecule has 1 heterocycles. The van der Waals surface area contributed by atoms with Crippen molar-refractivity contribution < 1.29 is 27.5 Å². The van der Waals surface area contributed by atoms with E-state index in [2.05, 4.69) is 10.6 Å². The van der Waals surface area contributed by atoms with Gasteiger partial charge in [-0.3, -0.25) is 4.79 Å². The lowest BCUT2D eigenvalue weighted by Gasteiger charge is -2.18. The van der Waals surface area contributed by atoms with E-state index in [0.29, 0.717) is 9.99 Å². The number of nitrogens with one attached hydrogen (secondary N) is 3. The van der Waals surface area contributed by atoms with Gasteiger partial charge in [0.2, 0.25) is 0 Å². The van der Waals surface area contributed by atoms with Gasteiger partial charge >= 0.3 is 16.2 Å². The SMILES string of the molecule is Cc1ccc(NC(=O)Nc2cc(O)c(N3CC(=O)NS3(=O)=O)c(F)c2)cc1. The topological polar surface area (TPSA) is 128 Å². The molecule has 11 heteroatoms. The summed E-state index contributed by atoms with van der Waals surface area (Å²) in [5.74, 6) is -2.73. The molecule has 9 nitrogen and oxygen atoms in total. The van der Waals surface area contributed by atoms with Gasteiger partial charge in [-0.05, 0) is 25.1 Å². The molecule has 0 saturated carbocycles. The molecule has 1 aliphatic rings. The first kappa shape index (κ1) is 18.5. The van der Waals surface area contributed by atoms with Crippen LogP contribution in [0.4, 0.5) is 26.2 Å². The van der Waals surface area contributed by atoms with Crippen molar-refractivity contribution in [3.05, 3.63) is 47.8 Å². The minimum absolute atomic E-state index is 0.103. The lowest BCUT2D eigenvalue weighted by molar-refractivity contribution is -0.117. The Labute approximate surface area is 154 Å².